The number of allylic oxidation sites excluding steroid dienone is 1. The molecule has 0 saturated heterocycles. The highest BCUT2D eigenvalue weighted by atomic mass is 16.5. The Morgan fingerprint density at radius 2 is 1.74 bits per heavy atom. The molecule has 0 radical (unpaired) electrons. The summed E-state index contributed by atoms with van der Waals surface area (Å²) in [6.07, 6.45) is 1.76. The minimum atomic E-state index is -0.624. The van der Waals surface area contributed by atoms with Crippen molar-refractivity contribution in [3.8, 4) is 11.5 Å². The van der Waals surface area contributed by atoms with Gasteiger partial charge in [-0.05, 0) is 56.3 Å². The molecule has 35 heavy (non-hydrogen) atoms. The first-order valence-electron chi connectivity index (χ1n) is 11.0. The second kappa shape index (κ2) is 11.7. The van der Waals surface area contributed by atoms with E-state index in [1.807, 2.05) is 18.4 Å². The average Bonchev–Trinajstić information content (AvgIpc) is 3.15. The molecule has 0 aliphatic heterocycles. The van der Waals surface area contributed by atoms with Crippen molar-refractivity contribution < 1.29 is 28.6 Å². The number of ketones is 1. The van der Waals surface area contributed by atoms with Crippen molar-refractivity contribution in [1.29, 1.82) is 0 Å². The van der Waals surface area contributed by atoms with Gasteiger partial charge in [-0.2, -0.15) is 0 Å². The van der Waals surface area contributed by atoms with Crippen LogP contribution in [-0.4, -0.2) is 42.6 Å². The average molecular weight is 477 g/mol. The molecule has 0 saturated carbocycles. The molecule has 182 valence electrons. The quantitative estimate of drug-likeness (QED) is 0.251. The third-order valence-corrected chi connectivity index (χ3v) is 5.33. The summed E-state index contributed by atoms with van der Waals surface area (Å²) in [5, 5.41) is 2.72. The van der Waals surface area contributed by atoms with Gasteiger partial charge < -0.3 is 24.1 Å². The Kier molecular flexibility index (Phi) is 8.45. The smallest absolute Gasteiger partial charge is 0.338 e. The van der Waals surface area contributed by atoms with Gasteiger partial charge in [-0.3, -0.25) is 9.59 Å². The Balaban J connectivity index is 1.49. The summed E-state index contributed by atoms with van der Waals surface area (Å²) in [6.45, 7) is 7.51. The molecule has 1 amide bonds. The van der Waals surface area contributed by atoms with E-state index in [0.29, 0.717) is 29.3 Å². The van der Waals surface area contributed by atoms with Gasteiger partial charge >= 0.3 is 5.97 Å². The first-order valence-corrected chi connectivity index (χ1v) is 11.0. The zero-order valence-corrected chi connectivity index (χ0v) is 20.0. The van der Waals surface area contributed by atoms with Crippen molar-refractivity contribution in [3.63, 3.8) is 0 Å². The second-order valence-electron chi connectivity index (χ2n) is 7.78. The van der Waals surface area contributed by atoms with Gasteiger partial charge in [0.1, 0.15) is 11.5 Å². The lowest BCUT2D eigenvalue weighted by molar-refractivity contribution is -0.118. The summed E-state index contributed by atoms with van der Waals surface area (Å²) in [7, 11) is 1.55. The van der Waals surface area contributed by atoms with Crippen LogP contribution in [-0.2, 0) is 16.1 Å². The van der Waals surface area contributed by atoms with E-state index < -0.39 is 5.97 Å². The molecule has 1 heterocycles. The number of benzene rings is 2. The normalized spacial score (nSPS) is 10.4. The SMILES string of the molecule is C=CCn1c(C)cc(C(=O)COC(=O)c2ccc(OCC(=O)Nc3cccc(OC)c3)cc2)c1C. The number of ether oxygens (including phenoxy) is 3. The van der Waals surface area contributed by atoms with Crippen molar-refractivity contribution in [1.82, 2.24) is 4.57 Å². The highest BCUT2D eigenvalue weighted by Gasteiger charge is 2.17. The standard InChI is InChI=1S/C27H28N2O6/c1-5-13-29-18(2)14-24(19(29)3)25(30)16-35-27(32)20-9-11-22(12-10-20)34-17-26(31)28-21-7-6-8-23(15-21)33-4/h5-12,14-15H,1,13,16-17H2,2-4H3,(H,28,31). The molecule has 1 aromatic heterocycles. The summed E-state index contributed by atoms with van der Waals surface area (Å²) in [6, 6.07) is 14.9. The Bertz CT molecular complexity index is 1230. The summed E-state index contributed by atoms with van der Waals surface area (Å²) in [5.41, 5.74) is 3.12. The van der Waals surface area contributed by atoms with Gasteiger partial charge in [0.25, 0.3) is 5.91 Å². The molecule has 8 heteroatoms. The fourth-order valence-electron chi connectivity index (χ4n) is 3.52. The van der Waals surface area contributed by atoms with Crippen LogP contribution in [0.25, 0.3) is 0 Å². The van der Waals surface area contributed by atoms with Gasteiger partial charge in [0.05, 0.1) is 12.7 Å². The van der Waals surface area contributed by atoms with Crippen LogP contribution in [0.5, 0.6) is 11.5 Å². The van der Waals surface area contributed by atoms with Crippen molar-refractivity contribution in [2.24, 2.45) is 0 Å². The summed E-state index contributed by atoms with van der Waals surface area (Å²) in [4.78, 5) is 37.0. The minimum Gasteiger partial charge on any atom is -0.497 e. The molecule has 0 spiro atoms. The molecule has 0 aliphatic rings. The Morgan fingerprint density at radius 3 is 2.43 bits per heavy atom. The Labute approximate surface area is 204 Å². The summed E-state index contributed by atoms with van der Waals surface area (Å²) >= 11 is 0. The molecular formula is C27H28N2O6. The minimum absolute atomic E-state index is 0.209. The van der Waals surface area contributed by atoms with Gasteiger partial charge in [0.15, 0.2) is 13.2 Å². The lowest BCUT2D eigenvalue weighted by atomic mass is 10.1. The van der Waals surface area contributed by atoms with E-state index in [0.717, 1.165) is 11.4 Å². The van der Waals surface area contributed by atoms with Crippen LogP contribution in [0.1, 0.15) is 32.1 Å². The number of esters is 1. The number of aromatic nitrogens is 1. The first-order chi connectivity index (χ1) is 16.8. The van der Waals surface area contributed by atoms with E-state index >= 15 is 0 Å². The highest BCUT2D eigenvalue weighted by molar-refractivity contribution is 6.00. The summed E-state index contributed by atoms with van der Waals surface area (Å²) in [5.74, 6) is -0.200. The number of amides is 1. The number of rotatable bonds is 11. The predicted octanol–water partition coefficient (Wildman–Crippen LogP) is 4.36. The first kappa shape index (κ1) is 25.3. The molecule has 2 aromatic carbocycles. The van der Waals surface area contributed by atoms with Crippen LogP contribution in [0.2, 0.25) is 0 Å². The number of methoxy groups -OCH3 is 1. The highest BCUT2D eigenvalue weighted by Crippen LogP contribution is 2.18. The third-order valence-electron chi connectivity index (χ3n) is 5.33. The monoisotopic (exact) mass is 476 g/mol. The number of aryl methyl sites for hydroxylation is 1. The van der Waals surface area contributed by atoms with Crippen LogP contribution < -0.4 is 14.8 Å². The molecule has 8 nitrogen and oxygen atoms in total. The molecule has 0 atom stereocenters. The molecule has 3 aromatic rings. The van der Waals surface area contributed by atoms with Gasteiger partial charge in [0.2, 0.25) is 5.78 Å². The maximum Gasteiger partial charge on any atom is 0.338 e. The lowest BCUT2D eigenvalue weighted by Gasteiger charge is -2.09. The Morgan fingerprint density at radius 1 is 1.00 bits per heavy atom. The van der Waals surface area contributed by atoms with Crippen LogP contribution in [0, 0.1) is 13.8 Å². The lowest BCUT2D eigenvalue weighted by Crippen LogP contribution is -2.20. The maximum absolute atomic E-state index is 12.6. The van der Waals surface area contributed by atoms with Gasteiger partial charge in [-0.15, -0.1) is 6.58 Å². The van der Waals surface area contributed by atoms with Crippen LogP contribution in [0.15, 0.2) is 67.3 Å². The van der Waals surface area contributed by atoms with E-state index in [2.05, 4.69) is 11.9 Å². The van der Waals surface area contributed by atoms with Crippen LogP contribution in [0.4, 0.5) is 5.69 Å². The van der Waals surface area contributed by atoms with Gasteiger partial charge in [-0.25, -0.2) is 4.79 Å². The van der Waals surface area contributed by atoms with Crippen molar-refractivity contribution in [2.75, 3.05) is 25.6 Å². The molecule has 3 rings (SSSR count). The van der Waals surface area contributed by atoms with Gasteiger partial charge in [0, 0.05) is 35.2 Å². The zero-order valence-electron chi connectivity index (χ0n) is 20.0. The van der Waals surface area contributed by atoms with Crippen LogP contribution >= 0.6 is 0 Å². The van der Waals surface area contributed by atoms with E-state index in [4.69, 9.17) is 14.2 Å². The summed E-state index contributed by atoms with van der Waals surface area (Å²) < 4.78 is 17.8. The van der Waals surface area contributed by atoms with E-state index in [9.17, 15) is 14.4 Å². The van der Waals surface area contributed by atoms with Crippen molar-refractivity contribution >= 4 is 23.3 Å². The number of nitrogens with one attached hydrogen (secondary N) is 1. The molecular weight excluding hydrogens is 448 g/mol. The molecule has 1 N–H and O–H groups in total. The van der Waals surface area contributed by atoms with E-state index in [1.165, 1.54) is 12.1 Å². The fraction of sp³-hybridized carbons (Fsp3) is 0.222. The largest absolute Gasteiger partial charge is 0.497 e. The number of anilines is 1. The van der Waals surface area contributed by atoms with E-state index in [1.54, 1.807) is 55.7 Å². The molecule has 0 unspecified atom stereocenters. The predicted molar refractivity (Wildman–Crippen MR) is 132 cm³/mol. The topological polar surface area (TPSA) is 95.9 Å². The molecule has 0 bridgehead atoms. The third kappa shape index (κ3) is 6.60. The van der Waals surface area contributed by atoms with Gasteiger partial charge in [-0.1, -0.05) is 12.1 Å². The van der Waals surface area contributed by atoms with Crippen LogP contribution in [0.3, 0.4) is 0 Å². The number of carbonyl (C=O) groups is 3. The number of nitrogens with zero attached hydrogens (tertiary/aromatic N) is 1. The van der Waals surface area contributed by atoms with E-state index in [-0.39, 0.29) is 30.5 Å². The second-order valence-corrected chi connectivity index (χ2v) is 7.78. The molecule has 0 aliphatic carbocycles. The maximum atomic E-state index is 12.6. The number of hydrogen-bond acceptors (Lipinski definition) is 6. The zero-order chi connectivity index (χ0) is 25.4. The Hall–Kier alpha value is -4.33. The fourth-order valence-corrected chi connectivity index (χ4v) is 3.52. The molecule has 0 fully saturated rings. The van der Waals surface area contributed by atoms with Crippen molar-refractivity contribution in [3.05, 3.63) is 89.8 Å². The number of Topliss-reactive ketones (excluding diaryl/α,β-unsaturated/α-hetero) is 1. The van der Waals surface area contributed by atoms with Crippen molar-refractivity contribution in [2.45, 2.75) is 20.4 Å². The number of hydrogen-bond donors (Lipinski definition) is 1. The number of carbonyl (C=O) groups excluding carboxylic acids is 3.